The Morgan fingerprint density at radius 2 is 1.68 bits per heavy atom. The zero-order chi connectivity index (χ0) is 15.6. The first kappa shape index (κ1) is 19.0. The van der Waals surface area contributed by atoms with Gasteiger partial charge in [-0.1, -0.05) is 0 Å². The van der Waals surface area contributed by atoms with Gasteiger partial charge in [0.15, 0.2) is 0 Å². The van der Waals surface area contributed by atoms with Crippen molar-refractivity contribution in [2.75, 3.05) is 40.3 Å². The lowest BCUT2D eigenvalue weighted by Crippen LogP contribution is -2.59. The molecule has 1 N–H and O–H groups in total. The van der Waals surface area contributed by atoms with Crippen LogP contribution in [0.2, 0.25) is 0 Å². The Bertz CT molecular complexity index is 397. The molecule has 3 amide bonds. The van der Waals surface area contributed by atoms with Gasteiger partial charge in [-0.3, -0.25) is 4.79 Å². The first-order chi connectivity index (χ1) is 9.91. The van der Waals surface area contributed by atoms with Crippen LogP contribution < -0.4 is 5.32 Å². The Morgan fingerprint density at radius 1 is 1.09 bits per heavy atom. The summed E-state index contributed by atoms with van der Waals surface area (Å²) in [7, 11) is 3.53. The lowest BCUT2D eigenvalue weighted by molar-refractivity contribution is -0.140. The van der Waals surface area contributed by atoms with E-state index in [4.69, 9.17) is 0 Å². The number of nitrogens with zero attached hydrogens (tertiary/aromatic N) is 3. The van der Waals surface area contributed by atoms with E-state index in [1.54, 1.807) is 19.0 Å². The van der Waals surface area contributed by atoms with Crippen LogP contribution in [0.4, 0.5) is 4.79 Å². The molecule has 2 fully saturated rings. The molecular formula is C15H29ClN4O2. The summed E-state index contributed by atoms with van der Waals surface area (Å²) in [4.78, 5) is 30.1. The monoisotopic (exact) mass is 332 g/mol. The quantitative estimate of drug-likeness (QED) is 0.779. The number of hydrogen-bond donors (Lipinski definition) is 1. The van der Waals surface area contributed by atoms with Crippen LogP contribution in [0.5, 0.6) is 0 Å². The number of carbonyl (C=O) groups excluding carboxylic acids is 2. The van der Waals surface area contributed by atoms with Crippen LogP contribution in [-0.2, 0) is 4.79 Å². The van der Waals surface area contributed by atoms with E-state index in [0.717, 1.165) is 25.9 Å². The second kappa shape index (κ2) is 8.02. The second-order valence-corrected chi connectivity index (χ2v) is 6.45. The van der Waals surface area contributed by atoms with Crippen molar-refractivity contribution >= 4 is 24.3 Å². The Morgan fingerprint density at radius 3 is 2.23 bits per heavy atom. The van der Waals surface area contributed by atoms with Gasteiger partial charge in [-0.05, 0) is 26.7 Å². The minimum atomic E-state index is 0. The van der Waals surface area contributed by atoms with E-state index in [9.17, 15) is 9.59 Å². The highest BCUT2D eigenvalue weighted by Crippen LogP contribution is 2.22. The summed E-state index contributed by atoms with van der Waals surface area (Å²) in [6.07, 6.45) is 1.56. The molecule has 22 heavy (non-hydrogen) atoms. The number of nitrogens with one attached hydrogen (secondary N) is 1. The molecule has 0 aromatic rings. The number of hydrogen-bond acceptors (Lipinski definition) is 3. The summed E-state index contributed by atoms with van der Waals surface area (Å²) in [6.45, 7) is 7.27. The summed E-state index contributed by atoms with van der Waals surface area (Å²) in [5, 5.41) is 3.40. The molecule has 6 nitrogen and oxygen atoms in total. The molecule has 7 heteroatoms. The largest absolute Gasteiger partial charge is 0.337 e. The van der Waals surface area contributed by atoms with Gasteiger partial charge < -0.3 is 20.0 Å². The number of piperazine rings is 1. The molecule has 0 aromatic heterocycles. The molecule has 0 aliphatic carbocycles. The molecule has 0 spiro atoms. The number of halogens is 1. The SMILES string of the molecule is CC1NCCN(C(=O)C2CCN(C(=O)N(C)C)CC2)C1C.Cl. The van der Waals surface area contributed by atoms with E-state index in [1.807, 2.05) is 9.80 Å². The van der Waals surface area contributed by atoms with E-state index in [-0.39, 0.29) is 36.3 Å². The average molecular weight is 333 g/mol. The van der Waals surface area contributed by atoms with Crippen molar-refractivity contribution in [1.82, 2.24) is 20.0 Å². The summed E-state index contributed by atoms with van der Waals surface area (Å²) >= 11 is 0. The maximum atomic E-state index is 12.7. The fourth-order valence-corrected chi connectivity index (χ4v) is 3.20. The molecule has 2 aliphatic heterocycles. The zero-order valence-corrected chi connectivity index (χ0v) is 14.9. The maximum absolute atomic E-state index is 12.7. The molecule has 0 saturated carbocycles. The topological polar surface area (TPSA) is 55.9 Å². The van der Waals surface area contributed by atoms with Crippen LogP contribution in [0.1, 0.15) is 26.7 Å². The summed E-state index contributed by atoms with van der Waals surface area (Å²) in [5.74, 6) is 0.344. The summed E-state index contributed by atoms with van der Waals surface area (Å²) < 4.78 is 0. The summed E-state index contributed by atoms with van der Waals surface area (Å²) in [5.41, 5.74) is 0. The van der Waals surface area contributed by atoms with Crippen molar-refractivity contribution in [2.24, 2.45) is 5.92 Å². The molecule has 2 heterocycles. The van der Waals surface area contributed by atoms with E-state index < -0.39 is 0 Å². The van der Waals surface area contributed by atoms with Crippen molar-refractivity contribution in [3.63, 3.8) is 0 Å². The Kier molecular flexibility index (Phi) is 6.94. The average Bonchev–Trinajstić information content (AvgIpc) is 2.48. The van der Waals surface area contributed by atoms with Gasteiger partial charge in [0.25, 0.3) is 0 Å². The zero-order valence-electron chi connectivity index (χ0n) is 14.0. The van der Waals surface area contributed by atoms with Gasteiger partial charge in [-0.15, -0.1) is 12.4 Å². The molecule has 128 valence electrons. The number of piperidine rings is 1. The Balaban J connectivity index is 0.00000242. The van der Waals surface area contributed by atoms with Crippen molar-refractivity contribution in [3.05, 3.63) is 0 Å². The van der Waals surface area contributed by atoms with Gasteiger partial charge in [0.1, 0.15) is 0 Å². The minimum Gasteiger partial charge on any atom is -0.337 e. The lowest BCUT2D eigenvalue weighted by Gasteiger charge is -2.42. The number of carbonyl (C=O) groups is 2. The van der Waals surface area contributed by atoms with Gasteiger partial charge in [0.05, 0.1) is 0 Å². The van der Waals surface area contributed by atoms with Crippen LogP contribution in [0, 0.1) is 5.92 Å². The van der Waals surface area contributed by atoms with Gasteiger partial charge in [0, 0.05) is 58.3 Å². The van der Waals surface area contributed by atoms with Crippen molar-refractivity contribution in [1.29, 1.82) is 0 Å². The molecule has 2 saturated heterocycles. The molecule has 2 atom stereocenters. The second-order valence-electron chi connectivity index (χ2n) is 6.45. The number of likely N-dealkylation sites (tertiary alicyclic amines) is 1. The normalized spacial score (nSPS) is 26.4. The first-order valence-corrected chi connectivity index (χ1v) is 7.92. The van der Waals surface area contributed by atoms with Crippen molar-refractivity contribution in [3.8, 4) is 0 Å². The molecule has 0 bridgehead atoms. The highest BCUT2D eigenvalue weighted by molar-refractivity contribution is 5.85. The third-order valence-corrected chi connectivity index (χ3v) is 4.81. The lowest BCUT2D eigenvalue weighted by atomic mass is 9.93. The molecular weight excluding hydrogens is 304 g/mol. The first-order valence-electron chi connectivity index (χ1n) is 7.92. The van der Waals surface area contributed by atoms with Crippen molar-refractivity contribution < 1.29 is 9.59 Å². The molecule has 2 rings (SSSR count). The van der Waals surface area contributed by atoms with Crippen LogP contribution in [0.3, 0.4) is 0 Å². The highest BCUT2D eigenvalue weighted by Gasteiger charge is 2.34. The third-order valence-electron chi connectivity index (χ3n) is 4.81. The Hall–Kier alpha value is -1.01. The predicted octanol–water partition coefficient (Wildman–Crippen LogP) is 1.01. The molecule has 2 aliphatic rings. The minimum absolute atomic E-state index is 0. The number of amides is 3. The smallest absolute Gasteiger partial charge is 0.319 e. The fraction of sp³-hybridized carbons (Fsp3) is 0.867. The third kappa shape index (κ3) is 4.04. The highest BCUT2D eigenvalue weighted by atomic mass is 35.5. The van der Waals surface area contributed by atoms with E-state index >= 15 is 0 Å². The predicted molar refractivity (Wildman–Crippen MR) is 89.3 cm³/mol. The molecule has 0 radical (unpaired) electrons. The van der Waals surface area contributed by atoms with E-state index in [2.05, 4.69) is 19.2 Å². The number of rotatable bonds is 1. The van der Waals surface area contributed by atoms with E-state index in [0.29, 0.717) is 19.1 Å². The van der Waals surface area contributed by atoms with Gasteiger partial charge in [0.2, 0.25) is 5.91 Å². The molecule has 2 unspecified atom stereocenters. The van der Waals surface area contributed by atoms with Gasteiger partial charge in [-0.25, -0.2) is 4.79 Å². The fourth-order valence-electron chi connectivity index (χ4n) is 3.20. The molecule has 0 aromatic carbocycles. The van der Waals surface area contributed by atoms with Crippen molar-refractivity contribution in [2.45, 2.75) is 38.8 Å². The van der Waals surface area contributed by atoms with Crippen LogP contribution >= 0.6 is 12.4 Å². The van der Waals surface area contributed by atoms with Crippen LogP contribution in [-0.4, -0.2) is 79.0 Å². The van der Waals surface area contributed by atoms with E-state index in [1.165, 1.54) is 0 Å². The van der Waals surface area contributed by atoms with Crippen LogP contribution in [0.25, 0.3) is 0 Å². The van der Waals surface area contributed by atoms with Crippen LogP contribution in [0.15, 0.2) is 0 Å². The summed E-state index contributed by atoms with van der Waals surface area (Å²) in [6, 6.07) is 0.635. The standard InChI is InChI=1S/C15H28N4O2.ClH/c1-11-12(2)19(10-7-16-11)14(20)13-5-8-18(9-6-13)15(21)17(3)4;/h11-13,16H,5-10H2,1-4H3;1H. The Labute approximate surface area is 139 Å². The van der Waals surface area contributed by atoms with Gasteiger partial charge in [-0.2, -0.15) is 0 Å². The van der Waals surface area contributed by atoms with Gasteiger partial charge >= 0.3 is 6.03 Å². The number of urea groups is 1. The maximum Gasteiger partial charge on any atom is 0.319 e.